The van der Waals surface area contributed by atoms with Gasteiger partial charge in [0.1, 0.15) is 12.4 Å². The Morgan fingerprint density at radius 3 is 2.00 bits per heavy atom. The molecular formula is C72H112N8O15S. The summed E-state index contributed by atoms with van der Waals surface area (Å²) < 4.78 is 17.9. The number of ketones is 3. The molecular weight excluding hydrogens is 1250 g/mol. The number of hydrogen-bond donors (Lipinski definition) is 5. The highest BCUT2D eigenvalue weighted by atomic mass is 32.2. The van der Waals surface area contributed by atoms with Crippen LogP contribution in [0.4, 0.5) is 15.3 Å². The fraction of sp³-hybridized carbons (Fsp3) is 0.681. The van der Waals surface area contributed by atoms with Gasteiger partial charge in [-0.05, 0) is 97.6 Å². The Labute approximate surface area is 573 Å². The topological polar surface area (TPSA) is 311 Å². The molecule has 6 N–H and O–H groups in total. The Balaban J connectivity index is 1.37. The van der Waals surface area contributed by atoms with E-state index >= 15 is 0 Å². The van der Waals surface area contributed by atoms with Gasteiger partial charge in [-0.15, -0.1) is 0 Å². The van der Waals surface area contributed by atoms with E-state index in [1.165, 1.54) is 35.7 Å². The number of carbonyl (C=O) groups is 11. The number of urea groups is 1. The molecule has 96 heavy (non-hydrogen) atoms. The zero-order valence-corrected chi connectivity index (χ0v) is 60.4. The first-order valence-electron chi connectivity index (χ1n) is 34.3. The maximum atomic E-state index is 14.9. The van der Waals surface area contributed by atoms with Crippen molar-refractivity contribution in [3.8, 4) is 0 Å². The number of likely N-dealkylation sites (tertiary alicyclic amines) is 2. The van der Waals surface area contributed by atoms with Crippen LogP contribution in [0.2, 0.25) is 0 Å². The number of thioether (sulfide) groups is 1. The molecule has 0 spiro atoms. The number of nitrogens with one attached hydrogen (secondary N) is 3. The second-order valence-electron chi connectivity index (χ2n) is 27.4. The third kappa shape index (κ3) is 23.8. The molecule has 536 valence electrons. The van der Waals surface area contributed by atoms with E-state index < -0.39 is 72.2 Å². The number of unbranched alkanes of at least 4 members (excludes halogenated alkanes) is 2. The molecule has 2 aromatic rings. The molecule has 13 atom stereocenters. The quantitative estimate of drug-likeness (QED) is 0.0306. The summed E-state index contributed by atoms with van der Waals surface area (Å²) >= 11 is 1.35. The number of nitrogens with zero attached hydrogens (tertiary/aromatic N) is 4. The third-order valence-corrected chi connectivity index (χ3v) is 20.2. The van der Waals surface area contributed by atoms with E-state index in [1.807, 2.05) is 85.7 Å². The van der Waals surface area contributed by atoms with E-state index in [1.54, 1.807) is 68.3 Å². The highest BCUT2D eigenvalue weighted by Crippen LogP contribution is 2.34. The van der Waals surface area contributed by atoms with Crippen molar-refractivity contribution in [1.29, 1.82) is 0 Å². The summed E-state index contributed by atoms with van der Waals surface area (Å²) in [5, 5.41) is 18.9. The molecule has 24 heteroatoms. The van der Waals surface area contributed by atoms with Crippen molar-refractivity contribution in [2.24, 2.45) is 53.1 Å². The Kier molecular flexibility index (Phi) is 34.2. The van der Waals surface area contributed by atoms with Gasteiger partial charge in [0.05, 0.1) is 54.2 Å². The fourth-order valence-corrected chi connectivity index (χ4v) is 14.0. The molecule has 0 bridgehead atoms. The molecule has 23 nitrogen and oxygen atoms in total. The van der Waals surface area contributed by atoms with Gasteiger partial charge in [0.15, 0.2) is 11.6 Å². The molecule has 9 amide bonds. The van der Waals surface area contributed by atoms with Crippen LogP contribution >= 0.6 is 11.8 Å². The lowest BCUT2D eigenvalue weighted by molar-refractivity contribution is -0.149. The Hall–Kier alpha value is -6.76. The molecule has 0 aliphatic carbocycles. The highest BCUT2D eigenvalue weighted by Gasteiger charge is 2.44. The molecule has 0 saturated carbocycles. The van der Waals surface area contributed by atoms with E-state index in [9.17, 15) is 57.8 Å². The van der Waals surface area contributed by atoms with Gasteiger partial charge in [0, 0.05) is 103 Å². The molecule has 2 saturated heterocycles. The number of ether oxygens (including phenoxy) is 3. The largest absolute Gasteiger partial charge is 0.445 e. The number of imide groups is 1. The van der Waals surface area contributed by atoms with Gasteiger partial charge in [-0.3, -0.25) is 48.1 Å². The van der Waals surface area contributed by atoms with Crippen LogP contribution in [0.1, 0.15) is 176 Å². The third-order valence-electron chi connectivity index (χ3n) is 19.3. The highest BCUT2D eigenvalue weighted by molar-refractivity contribution is 8.00. The van der Waals surface area contributed by atoms with Gasteiger partial charge in [0.25, 0.3) is 0 Å². The van der Waals surface area contributed by atoms with Gasteiger partial charge in [0.2, 0.25) is 35.4 Å². The molecule has 2 aliphatic heterocycles. The van der Waals surface area contributed by atoms with E-state index in [0.29, 0.717) is 69.3 Å². The minimum absolute atomic E-state index is 0.0537. The van der Waals surface area contributed by atoms with Crippen LogP contribution in [-0.4, -0.2) is 185 Å². The number of methoxy groups -OCH3 is 2. The van der Waals surface area contributed by atoms with Crippen molar-refractivity contribution in [3.05, 3.63) is 65.7 Å². The zero-order valence-electron chi connectivity index (χ0n) is 59.6. The van der Waals surface area contributed by atoms with E-state index in [4.69, 9.17) is 19.9 Å². The number of nitrogens with two attached hydrogens (primary N) is 1. The standard InChI is InChI=1S/C72H112N8O15S/c1-16-46(8)65(58(93-13)40-61(85)79-36-24-28-54(79)67(94-14)48(10)55(81)37-47(9)66(87)50-25-19-17-20-26-50)77(11)69(89)53(43(2)3)39-57(83)64(45(6)7)78(12)72(92)95-42-49-30-32-52(33-31-49)75-68(88)51(27-23-34-74-71(73)91)38-56(82)63(44(4)5)76-60(84)29-21-18-22-35-80-62(86)41-59(96-15)70(80)90/h17,19-20,25-26,30-33,43-48,51,53-54,58-59,63-67,87H,16,18,21-24,27-29,34-42H2,1-15H3,(H,75,88)(H,76,84)(H3,73,74,91)/t46-,47-,48-,51+,53-,54-,58+,59-,63-,64-,65-,66+,67+/m0/s1. The summed E-state index contributed by atoms with van der Waals surface area (Å²) in [5.41, 5.74) is 6.96. The van der Waals surface area contributed by atoms with Crippen molar-refractivity contribution in [3.63, 3.8) is 0 Å². The predicted molar refractivity (Wildman–Crippen MR) is 370 cm³/mol. The molecule has 2 aromatic carbocycles. The van der Waals surface area contributed by atoms with Gasteiger partial charge in [-0.2, -0.15) is 11.8 Å². The molecule has 2 heterocycles. The SMILES string of the molecule is CC[C@H](C)[C@@H]([C@@H](CC(=O)N1CCC[C@H]1[C@H](OC)[C@@H](C)C(=O)C[C@H](C)[C@@H](O)c1ccccc1)OC)N(C)C(=O)[C@@H](CC(=O)[C@H](C(C)C)N(C)C(=O)OCc1ccc(NC(=O)[C@H](CCCNC(N)=O)CC(=O)[C@@H](NC(=O)CCCCCN2C(=O)C[C@H](SC)C2=O)C(C)C)cc1)C(C)C. The number of amides is 9. The number of Topliss-reactive ketones (excluding diaryl/α,β-unsaturated/α-hetero) is 3. The fourth-order valence-electron chi connectivity index (χ4n) is 13.4. The molecule has 2 aliphatic rings. The number of hydrogen-bond acceptors (Lipinski definition) is 16. The minimum Gasteiger partial charge on any atom is -0.445 e. The molecule has 0 radical (unpaired) electrons. The molecule has 2 fully saturated rings. The first-order chi connectivity index (χ1) is 45.4. The molecule has 0 aromatic heterocycles. The van der Waals surface area contributed by atoms with Crippen molar-refractivity contribution in [1.82, 2.24) is 30.2 Å². The summed E-state index contributed by atoms with van der Waals surface area (Å²) in [6, 6.07) is 12.2. The average molecular weight is 1360 g/mol. The van der Waals surface area contributed by atoms with E-state index in [0.717, 1.165) is 5.56 Å². The number of carbonyl (C=O) groups excluding carboxylic acids is 11. The lowest BCUT2D eigenvalue weighted by Crippen LogP contribution is -2.54. The van der Waals surface area contributed by atoms with Crippen LogP contribution in [0.25, 0.3) is 0 Å². The second-order valence-corrected chi connectivity index (χ2v) is 28.4. The van der Waals surface area contributed by atoms with Crippen LogP contribution in [-0.2, 0) is 64.0 Å². The summed E-state index contributed by atoms with van der Waals surface area (Å²) in [6.45, 7) is 19.3. The summed E-state index contributed by atoms with van der Waals surface area (Å²) in [7, 11) is 6.24. The van der Waals surface area contributed by atoms with Gasteiger partial charge < -0.3 is 55.7 Å². The van der Waals surface area contributed by atoms with Gasteiger partial charge in [-0.1, -0.05) is 125 Å². The number of likely N-dealkylation sites (N-methyl/N-ethyl adjacent to an activating group) is 2. The van der Waals surface area contributed by atoms with E-state index in [-0.39, 0.29) is 146 Å². The number of anilines is 1. The number of rotatable bonds is 42. The van der Waals surface area contributed by atoms with Crippen LogP contribution < -0.4 is 21.7 Å². The van der Waals surface area contributed by atoms with E-state index in [2.05, 4.69) is 16.0 Å². The maximum absolute atomic E-state index is 14.9. The Morgan fingerprint density at radius 1 is 0.760 bits per heavy atom. The van der Waals surface area contributed by atoms with Crippen molar-refractivity contribution < 1.29 is 72.1 Å². The molecule has 4 rings (SSSR count). The van der Waals surface area contributed by atoms with Crippen molar-refractivity contribution in [2.45, 2.75) is 213 Å². The predicted octanol–water partition coefficient (Wildman–Crippen LogP) is 8.91. The normalized spacial score (nSPS) is 18.4. The van der Waals surface area contributed by atoms with Crippen LogP contribution in [0.5, 0.6) is 0 Å². The smallest absolute Gasteiger partial charge is 0.410 e. The Morgan fingerprint density at radius 2 is 1.43 bits per heavy atom. The monoisotopic (exact) mass is 1360 g/mol. The number of aliphatic hydroxyl groups excluding tert-OH is 1. The average Bonchev–Trinajstić information content (AvgIpc) is 1.42. The minimum atomic E-state index is -0.966. The Bertz CT molecular complexity index is 2900. The summed E-state index contributed by atoms with van der Waals surface area (Å²) in [6.07, 6.45) is 3.01. The van der Waals surface area contributed by atoms with Gasteiger partial charge >= 0.3 is 12.1 Å². The van der Waals surface area contributed by atoms with Crippen molar-refractivity contribution >= 4 is 82.4 Å². The molecule has 0 unspecified atom stereocenters. The van der Waals surface area contributed by atoms with Gasteiger partial charge in [-0.25, -0.2) is 9.59 Å². The van der Waals surface area contributed by atoms with Crippen LogP contribution in [0.15, 0.2) is 54.6 Å². The summed E-state index contributed by atoms with van der Waals surface area (Å²) in [5.74, 6) is -6.12. The first-order valence-corrected chi connectivity index (χ1v) is 35.6. The first kappa shape index (κ1) is 81.7. The number of aliphatic hydroxyl groups is 1. The van der Waals surface area contributed by atoms with Crippen LogP contribution in [0.3, 0.4) is 0 Å². The lowest BCUT2D eigenvalue weighted by atomic mass is 9.83. The number of primary amides is 1. The number of benzene rings is 2. The van der Waals surface area contributed by atoms with Crippen LogP contribution in [0, 0.1) is 47.3 Å². The van der Waals surface area contributed by atoms with Crippen molar-refractivity contribution in [2.75, 3.05) is 59.5 Å². The zero-order chi connectivity index (χ0) is 71.7. The maximum Gasteiger partial charge on any atom is 0.410 e. The summed E-state index contributed by atoms with van der Waals surface area (Å²) in [4.78, 5) is 155. The second kappa shape index (κ2) is 40.2. The lowest BCUT2D eigenvalue weighted by Gasteiger charge is -2.41.